The number of hydrogen-bond acceptors (Lipinski definition) is 5. The Morgan fingerprint density at radius 3 is 2.86 bits per heavy atom. The fourth-order valence-electron chi connectivity index (χ4n) is 2.25. The van der Waals surface area contributed by atoms with Gasteiger partial charge in [-0.2, -0.15) is 9.67 Å². The molecule has 3 rings (SSSR count). The number of esters is 1. The number of ether oxygens (including phenoxy) is 1. The average Bonchev–Trinajstić information content (AvgIpc) is 2.96. The van der Waals surface area contributed by atoms with Gasteiger partial charge in [-0.3, -0.25) is 9.69 Å². The SMILES string of the molecule is COC(=O)Cn1c(=O)nc2n1C(=O)N(c1cccc(Cl)c1)C2. The summed E-state index contributed by atoms with van der Waals surface area (Å²) in [6, 6.07) is 6.29. The van der Waals surface area contributed by atoms with Gasteiger partial charge in [0.2, 0.25) is 0 Å². The molecule has 1 aliphatic heterocycles. The first-order valence-electron chi connectivity index (χ1n) is 6.34. The molecule has 2 aromatic rings. The van der Waals surface area contributed by atoms with Crippen LogP contribution in [0.3, 0.4) is 0 Å². The van der Waals surface area contributed by atoms with Crippen molar-refractivity contribution in [1.82, 2.24) is 14.3 Å². The Balaban J connectivity index is 1.98. The lowest BCUT2D eigenvalue weighted by Crippen LogP contribution is -2.35. The van der Waals surface area contributed by atoms with Gasteiger partial charge in [-0.25, -0.2) is 14.3 Å². The number of carbonyl (C=O) groups excluding carboxylic acids is 2. The van der Waals surface area contributed by atoms with Gasteiger partial charge >= 0.3 is 17.7 Å². The smallest absolute Gasteiger partial charge is 0.365 e. The van der Waals surface area contributed by atoms with Gasteiger partial charge in [0, 0.05) is 10.7 Å². The Morgan fingerprint density at radius 1 is 1.41 bits per heavy atom. The second-order valence-corrected chi connectivity index (χ2v) is 5.04. The van der Waals surface area contributed by atoms with Crippen molar-refractivity contribution in [3.05, 3.63) is 45.6 Å². The van der Waals surface area contributed by atoms with Crippen molar-refractivity contribution in [1.29, 1.82) is 0 Å². The van der Waals surface area contributed by atoms with Gasteiger partial charge in [0.1, 0.15) is 6.54 Å². The third-order valence-corrected chi connectivity index (χ3v) is 3.50. The average molecular weight is 323 g/mol. The highest BCUT2D eigenvalue weighted by atomic mass is 35.5. The quantitative estimate of drug-likeness (QED) is 0.782. The minimum atomic E-state index is -0.667. The normalized spacial score (nSPS) is 13.4. The molecular weight excluding hydrogens is 312 g/mol. The van der Waals surface area contributed by atoms with Crippen molar-refractivity contribution in [2.45, 2.75) is 13.1 Å². The van der Waals surface area contributed by atoms with Gasteiger partial charge in [-0.05, 0) is 18.2 Å². The lowest BCUT2D eigenvalue weighted by atomic mass is 10.3. The summed E-state index contributed by atoms with van der Waals surface area (Å²) in [5, 5.41) is 0.488. The summed E-state index contributed by atoms with van der Waals surface area (Å²) in [5.41, 5.74) is -0.0837. The van der Waals surface area contributed by atoms with Crippen LogP contribution in [0.15, 0.2) is 29.1 Å². The third kappa shape index (κ3) is 2.27. The van der Waals surface area contributed by atoms with Crippen LogP contribution in [-0.4, -0.2) is 33.5 Å². The number of benzene rings is 1. The Labute approximate surface area is 129 Å². The van der Waals surface area contributed by atoms with E-state index >= 15 is 0 Å². The third-order valence-electron chi connectivity index (χ3n) is 3.27. The zero-order valence-corrected chi connectivity index (χ0v) is 12.3. The Morgan fingerprint density at radius 2 is 2.18 bits per heavy atom. The molecule has 0 saturated heterocycles. The van der Waals surface area contributed by atoms with Crippen molar-refractivity contribution < 1.29 is 14.3 Å². The topological polar surface area (TPSA) is 86.4 Å². The standard InChI is InChI=1S/C13H11ClN4O4/c1-22-11(19)7-17-12(20)15-10-6-16(13(21)18(10)17)9-4-2-3-8(14)5-9/h2-5H,6-7H2,1H3. The maximum atomic E-state index is 12.5. The molecule has 2 heterocycles. The van der Waals surface area contributed by atoms with Crippen molar-refractivity contribution >= 4 is 29.3 Å². The molecule has 0 spiro atoms. The maximum Gasteiger partial charge on any atom is 0.365 e. The lowest BCUT2D eigenvalue weighted by Gasteiger charge is -2.15. The summed E-state index contributed by atoms with van der Waals surface area (Å²) in [6.07, 6.45) is 0. The molecular formula is C13H11ClN4O4. The molecule has 9 heteroatoms. The van der Waals surface area contributed by atoms with E-state index in [-0.39, 0.29) is 18.9 Å². The molecule has 0 aliphatic carbocycles. The molecule has 0 N–H and O–H groups in total. The molecule has 0 fully saturated rings. The largest absolute Gasteiger partial charge is 0.468 e. The lowest BCUT2D eigenvalue weighted by molar-refractivity contribution is -0.141. The van der Waals surface area contributed by atoms with Gasteiger partial charge in [0.25, 0.3) is 0 Å². The monoisotopic (exact) mass is 322 g/mol. The number of nitrogens with zero attached hydrogens (tertiary/aromatic N) is 4. The van der Waals surface area contributed by atoms with E-state index in [1.807, 2.05) is 0 Å². The minimum absolute atomic E-state index is 0.128. The van der Waals surface area contributed by atoms with Crippen LogP contribution in [0.2, 0.25) is 5.02 Å². The van der Waals surface area contributed by atoms with Crippen LogP contribution in [0.25, 0.3) is 0 Å². The molecule has 0 bridgehead atoms. The van der Waals surface area contributed by atoms with Crippen LogP contribution >= 0.6 is 11.6 Å². The van der Waals surface area contributed by atoms with E-state index in [2.05, 4.69) is 9.72 Å². The summed E-state index contributed by atoms with van der Waals surface area (Å²) in [5.74, 6) is -0.377. The maximum absolute atomic E-state index is 12.5. The van der Waals surface area contributed by atoms with Crippen molar-refractivity contribution in [3.8, 4) is 0 Å². The van der Waals surface area contributed by atoms with E-state index in [9.17, 15) is 14.4 Å². The summed E-state index contributed by atoms with van der Waals surface area (Å²) < 4.78 is 6.55. The van der Waals surface area contributed by atoms with Crippen LogP contribution in [0.1, 0.15) is 5.82 Å². The van der Waals surface area contributed by atoms with Gasteiger partial charge < -0.3 is 4.74 Å². The Kier molecular flexibility index (Phi) is 3.45. The molecule has 114 valence electrons. The summed E-state index contributed by atoms with van der Waals surface area (Å²) in [4.78, 5) is 40.9. The van der Waals surface area contributed by atoms with Gasteiger partial charge in [-0.15, -0.1) is 0 Å². The molecule has 8 nitrogen and oxygen atoms in total. The first-order valence-corrected chi connectivity index (χ1v) is 6.72. The second kappa shape index (κ2) is 5.30. The van der Waals surface area contributed by atoms with E-state index in [1.54, 1.807) is 24.3 Å². The predicted molar refractivity (Wildman–Crippen MR) is 76.9 cm³/mol. The van der Waals surface area contributed by atoms with Crippen LogP contribution in [-0.2, 0) is 22.6 Å². The van der Waals surface area contributed by atoms with Gasteiger partial charge in [-0.1, -0.05) is 17.7 Å². The van der Waals surface area contributed by atoms with E-state index in [0.717, 1.165) is 9.36 Å². The van der Waals surface area contributed by atoms with E-state index in [0.29, 0.717) is 10.7 Å². The van der Waals surface area contributed by atoms with Crippen molar-refractivity contribution in [2.75, 3.05) is 12.0 Å². The number of amides is 1. The highest BCUT2D eigenvalue weighted by Gasteiger charge is 2.33. The van der Waals surface area contributed by atoms with Crippen LogP contribution in [0, 0.1) is 0 Å². The molecule has 0 saturated carbocycles. The number of halogens is 1. The second-order valence-electron chi connectivity index (χ2n) is 4.60. The van der Waals surface area contributed by atoms with E-state index in [1.165, 1.54) is 12.0 Å². The van der Waals surface area contributed by atoms with Crippen LogP contribution in [0.5, 0.6) is 0 Å². The first-order chi connectivity index (χ1) is 10.5. The molecule has 1 aromatic carbocycles. The van der Waals surface area contributed by atoms with Crippen LogP contribution in [0.4, 0.5) is 10.5 Å². The van der Waals surface area contributed by atoms with Crippen LogP contribution < -0.4 is 10.6 Å². The fraction of sp³-hybridized carbons (Fsp3) is 0.231. The minimum Gasteiger partial charge on any atom is -0.468 e. The molecule has 0 atom stereocenters. The number of methoxy groups -OCH3 is 1. The Hall–Kier alpha value is -2.61. The van der Waals surface area contributed by atoms with E-state index < -0.39 is 17.7 Å². The highest BCUT2D eigenvalue weighted by Crippen LogP contribution is 2.25. The van der Waals surface area contributed by atoms with Gasteiger partial charge in [0.15, 0.2) is 5.82 Å². The number of anilines is 1. The summed E-state index contributed by atoms with van der Waals surface area (Å²) in [6.45, 7) is -0.250. The Bertz CT molecular complexity index is 826. The van der Waals surface area contributed by atoms with E-state index in [4.69, 9.17) is 11.6 Å². The zero-order chi connectivity index (χ0) is 15.9. The number of carbonyl (C=O) groups is 2. The number of rotatable bonds is 3. The van der Waals surface area contributed by atoms with Gasteiger partial charge in [0.05, 0.1) is 13.7 Å². The number of aromatic nitrogens is 3. The molecule has 0 radical (unpaired) electrons. The molecule has 1 amide bonds. The fourth-order valence-corrected chi connectivity index (χ4v) is 2.44. The molecule has 1 aromatic heterocycles. The predicted octanol–water partition coefficient (Wildman–Crippen LogP) is 0.859. The summed E-state index contributed by atoms with van der Waals surface area (Å²) in [7, 11) is 1.20. The van der Waals surface area contributed by atoms with Crippen molar-refractivity contribution in [3.63, 3.8) is 0 Å². The number of fused-ring (bicyclic) bond motifs is 1. The molecule has 0 unspecified atom stereocenters. The zero-order valence-electron chi connectivity index (χ0n) is 11.5. The summed E-state index contributed by atoms with van der Waals surface area (Å²) >= 11 is 5.92. The number of hydrogen-bond donors (Lipinski definition) is 0. The first kappa shape index (κ1) is 14.3. The molecule has 1 aliphatic rings. The van der Waals surface area contributed by atoms with Crippen molar-refractivity contribution in [2.24, 2.45) is 0 Å². The molecule has 22 heavy (non-hydrogen) atoms. The highest BCUT2D eigenvalue weighted by molar-refractivity contribution is 6.30.